The van der Waals surface area contributed by atoms with Gasteiger partial charge >= 0.3 is 0 Å². The van der Waals surface area contributed by atoms with Crippen LogP contribution in [0.5, 0.6) is 0 Å². The molecule has 0 atom stereocenters. The molecule has 2 aromatic rings. The molecule has 0 fully saturated rings. The molecule has 1 aromatic heterocycles. The molecule has 0 aliphatic carbocycles. The zero-order valence-electron chi connectivity index (χ0n) is 10.4. The van der Waals surface area contributed by atoms with Crippen molar-refractivity contribution in [3.05, 3.63) is 41.1 Å². The van der Waals surface area contributed by atoms with Crippen molar-refractivity contribution >= 4 is 5.69 Å². The molecule has 1 N–H and O–H groups in total. The molecule has 17 heavy (non-hydrogen) atoms. The summed E-state index contributed by atoms with van der Waals surface area (Å²) >= 11 is 0. The summed E-state index contributed by atoms with van der Waals surface area (Å²) in [6, 6.07) is 6.36. The van der Waals surface area contributed by atoms with Crippen molar-refractivity contribution < 1.29 is 4.42 Å². The highest BCUT2D eigenvalue weighted by molar-refractivity contribution is 5.48. The van der Waals surface area contributed by atoms with E-state index in [2.05, 4.69) is 47.6 Å². The molecule has 0 aliphatic heterocycles. The Morgan fingerprint density at radius 3 is 2.71 bits per heavy atom. The van der Waals surface area contributed by atoms with Crippen LogP contribution in [0.3, 0.4) is 0 Å². The van der Waals surface area contributed by atoms with Gasteiger partial charge in [0.2, 0.25) is 11.8 Å². The number of hydrogen-bond acceptors (Lipinski definition) is 4. The van der Waals surface area contributed by atoms with E-state index in [4.69, 9.17) is 4.42 Å². The lowest BCUT2D eigenvalue weighted by Crippen LogP contribution is -2.00. The Labute approximate surface area is 101 Å². The molecule has 90 valence electrons. The van der Waals surface area contributed by atoms with Crippen molar-refractivity contribution in [2.45, 2.75) is 33.7 Å². The molecule has 0 spiro atoms. The molecular formula is C13H17N3O. The largest absolute Gasteiger partial charge is 0.424 e. The molecular weight excluding hydrogens is 214 g/mol. The van der Waals surface area contributed by atoms with Crippen LogP contribution in [-0.2, 0) is 13.0 Å². The van der Waals surface area contributed by atoms with E-state index in [9.17, 15) is 0 Å². The summed E-state index contributed by atoms with van der Waals surface area (Å²) in [6.45, 7) is 6.64. The van der Waals surface area contributed by atoms with Gasteiger partial charge in [0.1, 0.15) is 0 Å². The van der Waals surface area contributed by atoms with Gasteiger partial charge in [-0.2, -0.15) is 0 Å². The third-order valence-corrected chi connectivity index (χ3v) is 2.74. The van der Waals surface area contributed by atoms with Crippen LogP contribution in [0.4, 0.5) is 5.69 Å². The average Bonchev–Trinajstić information content (AvgIpc) is 2.74. The molecule has 0 amide bonds. The Morgan fingerprint density at radius 1 is 1.24 bits per heavy atom. The van der Waals surface area contributed by atoms with E-state index in [-0.39, 0.29) is 0 Å². The zero-order valence-corrected chi connectivity index (χ0v) is 10.4. The Hall–Kier alpha value is -1.84. The number of nitrogens with one attached hydrogen (secondary N) is 1. The topological polar surface area (TPSA) is 51.0 Å². The van der Waals surface area contributed by atoms with E-state index in [1.807, 2.05) is 0 Å². The minimum Gasteiger partial charge on any atom is -0.424 e. The second-order valence-electron chi connectivity index (χ2n) is 4.06. The van der Waals surface area contributed by atoms with Gasteiger partial charge in [-0.05, 0) is 36.6 Å². The monoisotopic (exact) mass is 231 g/mol. The molecule has 0 unspecified atom stereocenters. The van der Waals surface area contributed by atoms with Crippen LogP contribution in [0.15, 0.2) is 22.6 Å². The van der Waals surface area contributed by atoms with Crippen molar-refractivity contribution in [3.63, 3.8) is 0 Å². The number of aromatic nitrogens is 2. The maximum absolute atomic E-state index is 5.30. The first kappa shape index (κ1) is 11.6. The number of nitrogens with zero attached hydrogens (tertiary/aromatic N) is 2. The minimum atomic E-state index is 0.563. The first-order valence-corrected chi connectivity index (χ1v) is 5.81. The molecule has 0 aliphatic rings. The molecule has 1 heterocycles. The van der Waals surface area contributed by atoms with E-state index in [1.165, 1.54) is 11.1 Å². The smallest absolute Gasteiger partial charge is 0.235 e. The third kappa shape index (κ3) is 2.84. The lowest BCUT2D eigenvalue weighted by atomic mass is 10.1. The van der Waals surface area contributed by atoms with E-state index in [1.54, 1.807) is 6.92 Å². The maximum Gasteiger partial charge on any atom is 0.235 e. The molecule has 0 radical (unpaired) electrons. The zero-order chi connectivity index (χ0) is 12.3. The predicted octanol–water partition coefficient (Wildman–Crippen LogP) is 2.86. The summed E-state index contributed by atoms with van der Waals surface area (Å²) in [5.41, 5.74) is 3.77. The summed E-state index contributed by atoms with van der Waals surface area (Å²) in [5, 5.41) is 11.0. The van der Waals surface area contributed by atoms with Crippen LogP contribution >= 0.6 is 0 Å². The van der Waals surface area contributed by atoms with E-state index in [0.717, 1.165) is 12.1 Å². The number of anilines is 1. The molecule has 4 nitrogen and oxygen atoms in total. The average molecular weight is 231 g/mol. The lowest BCUT2D eigenvalue weighted by molar-refractivity contribution is 0.475. The van der Waals surface area contributed by atoms with E-state index in [0.29, 0.717) is 18.3 Å². The Balaban J connectivity index is 2.04. The summed E-state index contributed by atoms with van der Waals surface area (Å²) < 4.78 is 5.30. The Bertz CT molecular complexity index is 505. The van der Waals surface area contributed by atoms with E-state index >= 15 is 0 Å². The molecule has 0 bridgehead atoms. The fourth-order valence-corrected chi connectivity index (χ4v) is 1.75. The van der Waals surface area contributed by atoms with Crippen molar-refractivity contribution in [2.75, 3.05) is 5.32 Å². The Morgan fingerprint density at radius 2 is 2.06 bits per heavy atom. The first-order chi connectivity index (χ1) is 8.19. The summed E-state index contributed by atoms with van der Waals surface area (Å²) in [5.74, 6) is 1.21. The highest BCUT2D eigenvalue weighted by Crippen LogP contribution is 2.16. The SMILES string of the molecule is CCc1cc(NCc2nnc(C)o2)ccc1C. The van der Waals surface area contributed by atoms with Gasteiger partial charge in [-0.1, -0.05) is 13.0 Å². The molecule has 0 saturated carbocycles. The fraction of sp³-hybridized carbons (Fsp3) is 0.385. The summed E-state index contributed by atoms with van der Waals surface area (Å²) in [6.07, 6.45) is 1.04. The summed E-state index contributed by atoms with van der Waals surface area (Å²) in [7, 11) is 0. The normalized spacial score (nSPS) is 10.5. The standard InChI is InChI=1S/C13H17N3O/c1-4-11-7-12(6-5-9(11)2)14-8-13-16-15-10(3)17-13/h5-7,14H,4,8H2,1-3H3. The van der Waals surface area contributed by atoms with Gasteiger partial charge in [0, 0.05) is 12.6 Å². The van der Waals surface area contributed by atoms with Gasteiger partial charge in [-0.25, -0.2) is 0 Å². The third-order valence-electron chi connectivity index (χ3n) is 2.74. The number of hydrogen-bond donors (Lipinski definition) is 1. The Kier molecular flexibility index (Phi) is 3.42. The molecule has 4 heteroatoms. The van der Waals surface area contributed by atoms with Crippen LogP contribution in [0.1, 0.15) is 29.8 Å². The van der Waals surface area contributed by atoms with Gasteiger partial charge in [-0.3, -0.25) is 0 Å². The number of rotatable bonds is 4. The molecule has 0 saturated heterocycles. The van der Waals surface area contributed by atoms with Gasteiger partial charge in [0.25, 0.3) is 0 Å². The first-order valence-electron chi connectivity index (χ1n) is 5.81. The van der Waals surface area contributed by atoms with Crippen LogP contribution in [0.25, 0.3) is 0 Å². The van der Waals surface area contributed by atoms with Gasteiger partial charge in [0.05, 0.1) is 6.54 Å². The van der Waals surface area contributed by atoms with Gasteiger partial charge < -0.3 is 9.73 Å². The predicted molar refractivity (Wildman–Crippen MR) is 66.9 cm³/mol. The van der Waals surface area contributed by atoms with Crippen LogP contribution in [0.2, 0.25) is 0 Å². The second kappa shape index (κ2) is 4.99. The highest BCUT2D eigenvalue weighted by Gasteiger charge is 2.03. The van der Waals surface area contributed by atoms with Crippen molar-refractivity contribution in [2.24, 2.45) is 0 Å². The number of benzene rings is 1. The van der Waals surface area contributed by atoms with E-state index < -0.39 is 0 Å². The van der Waals surface area contributed by atoms with Crippen LogP contribution in [0, 0.1) is 13.8 Å². The van der Waals surface area contributed by atoms with Crippen LogP contribution in [-0.4, -0.2) is 10.2 Å². The lowest BCUT2D eigenvalue weighted by Gasteiger charge is -2.08. The molecule has 2 rings (SSSR count). The maximum atomic E-state index is 5.30. The van der Waals surface area contributed by atoms with Crippen LogP contribution < -0.4 is 5.32 Å². The quantitative estimate of drug-likeness (QED) is 0.879. The number of aryl methyl sites for hydroxylation is 3. The van der Waals surface area contributed by atoms with Crippen molar-refractivity contribution in [1.29, 1.82) is 0 Å². The van der Waals surface area contributed by atoms with Crippen molar-refractivity contribution in [1.82, 2.24) is 10.2 Å². The van der Waals surface area contributed by atoms with Gasteiger partial charge in [-0.15, -0.1) is 10.2 Å². The highest BCUT2D eigenvalue weighted by atomic mass is 16.4. The van der Waals surface area contributed by atoms with Crippen molar-refractivity contribution in [3.8, 4) is 0 Å². The van der Waals surface area contributed by atoms with Gasteiger partial charge in [0.15, 0.2) is 0 Å². The second-order valence-corrected chi connectivity index (χ2v) is 4.06. The minimum absolute atomic E-state index is 0.563. The summed E-state index contributed by atoms with van der Waals surface area (Å²) in [4.78, 5) is 0. The molecule has 1 aromatic carbocycles. The fourth-order valence-electron chi connectivity index (χ4n) is 1.75.